The summed E-state index contributed by atoms with van der Waals surface area (Å²) in [4.78, 5) is 4.84. The first-order valence-corrected chi connectivity index (χ1v) is 5.60. The molecule has 13 heavy (non-hydrogen) atoms. The van der Waals surface area contributed by atoms with Gasteiger partial charge in [0.15, 0.2) is 0 Å². The summed E-state index contributed by atoms with van der Waals surface area (Å²) in [6.07, 6.45) is 7.92. The summed E-state index contributed by atoms with van der Waals surface area (Å²) in [7, 11) is 0. The molecule has 0 aromatic heterocycles. The largest absolute Gasteiger partial charge is 0.304 e. The van der Waals surface area contributed by atoms with Gasteiger partial charge >= 0.3 is 0 Å². The van der Waals surface area contributed by atoms with Crippen molar-refractivity contribution in [1.29, 1.82) is 0 Å². The van der Waals surface area contributed by atoms with Gasteiger partial charge in [0.1, 0.15) is 0 Å². The maximum Gasteiger partial charge on any atom is 0.0738 e. The van der Waals surface area contributed by atoms with E-state index in [1.807, 2.05) is 0 Å². The van der Waals surface area contributed by atoms with E-state index < -0.39 is 0 Å². The van der Waals surface area contributed by atoms with Crippen LogP contribution in [-0.2, 0) is 4.84 Å². The molecular weight excluding hydrogens is 162 g/mol. The monoisotopic (exact) mass is 185 g/mol. The van der Waals surface area contributed by atoms with Crippen LogP contribution in [0.3, 0.4) is 0 Å². The van der Waals surface area contributed by atoms with E-state index in [2.05, 4.69) is 13.8 Å². The number of hydrogen-bond donors (Lipinski definition) is 1. The zero-order valence-electron chi connectivity index (χ0n) is 9.01. The highest BCUT2D eigenvalue weighted by atomic mass is 16.6. The predicted octanol–water partition coefficient (Wildman–Crippen LogP) is 2.87. The predicted molar refractivity (Wildman–Crippen MR) is 55.1 cm³/mol. The number of nitrogens with two attached hydrogens (primary N) is 1. The van der Waals surface area contributed by atoms with Crippen LogP contribution in [0, 0.1) is 11.3 Å². The summed E-state index contributed by atoms with van der Waals surface area (Å²) < 4.78 is 0. The molecule has 2 nitrogen and oxygen atoms in total. The van der Waals surface area contributed by atoms with Gasteiger partial charge in [-0.1, -0.05) is 39.5 Å². The quantitative estimate of drug-likeness (QED) is 0.619. The highest BCUT2D eigenvalue weighted by molar-refractivity contribution is 4.97. The SMILES string of the molecule is CCCC(CCC)C1(CON)CC1. The van der Waals surface area contributed by atoms with E-state index in [1.54, 1.807) is 0 Å². The van der Waals surface area contributed by atoms with Crippen LogP contribution in [0.2, 0.25) is 0 Å². The van der Waals surface area contributed by atoms with Crippen molar-refractivity contribution in [3.05, 3.63) is 0 Å². The second-order valence-electron chi connectivity index (χ2n) is 4.45. The second kappa shape index (κ2) is 4.97. The molecule has 0 amide bonds. The Labute approximate surface area is 81.8 Å². The summed E-state index contributed by atoms with van der Waals surface area (Å²) in [6, 6.07) is 0. The maximum absolute atomic E-state index is 5.18. The summed E-state index contributed by atoms with van der Waals surface area (Å²) >= 11 is 0. The summed E-state index contributed by atoms with van der Waals surface area (Å²) in [5.74, 6) is 6.04. The van der Waals surface area contributed by atoms with Crippen LogP contribution in [0.1, 0.15) is 52.4 Å². The molecule has 0 bridgehead atoms. The van der Waals surface area contributed by atoms with Gasteiger partial charge in [0.2, 0.25) is 0 Å². The van der Waals surface area contributed by atoms with Crippen LogP contribution in [0.5, 0.6) is 0 Å². The van der Waals surface area contributed by atoms with Crippen molar-refractivity contribution in [3.63, 3.8) is 0 Å². The van der Waals surface area contributed by atoms with Gasteiger partial charge in [0.05, 0.1) is 6.61 Å². The van der Waals surface area contributed by atoms with Gasteiger partial charge in [-0.25, -0.2) is 5.90 Å². The Morgan fingerprint density at radius 1 is 1.23 bits per heavy atom. The summed E-state index contributed by atoms with van der Waals surface area (Å²) in [5.41, 5.74) is 0.473. The third-order valence-electron chi connectivity index (χ3n) is 3.40. The molecule has 78 valence electrons. The summed E-state index contributed by atoms with van der Waals surface area (Å²) in [5, 5.41) is 0. The van der Waals surface area contributed by atoms with Gasteiger partial charge in [0, 0.05) is 0 Å². The lowest BCUT2D eigenvalue weighted by molar-refractivity contribution is 0.0591. The molecule has 0 saturated heterocycles. The van der Waals surface area contributed by atoms with E-state index >= 15 is 0 Å². The van der Waals surface area contributed by atoms with Crippen molar-refractivity contribution >= 4 is 0 Å². The van der Waals surface area contributed by atoms with Gasteiger partial charge in [-0.2, -0.15) is 0 Å². The van der Waals surface area contributed by atoms with Crippen LogP contribution < -0.4 is 5.90 Å². The molecule has 2 N–H and O–H groups in total. The highest BCUT2D eigenvalue weighted by Gasteiger charge is 2.48. The topological polar surface area (TPSA) is 35.2 Å². The third-order valence-corrected chi connectivity index (χ3v) is 3.40. The molecular formula is C11H23NO. The van der Waals surface area contributed by atoms with Crippen molar-refractivity contribution in [1.82, 2.24) is 0 Å². The Bertz CT molecular complexity index is 137. The van der Waals surface area contributed by atoms with Gasteiger partial charge in [-0.15, -0.1) is 0 Å². The molecule has 1 aliphatic rings. The molecule has 0 spiro atoms. The molecule has 0 atom stereocenters. The fraction of sp³-hybridized carbons (Fsp3) is 1.00. The molecule has 1 rings (SSSR count). The average molecular weight is 185 g/mol. The van der Waals surface area contributed by atoms with Gasteiger partial charge < -0.3 is 4.84 Å². The minimum absolute atomic E-state index is 0.473. The first-order valence-electron chi connectivity index (χ1n) is 5.60. The van der Waals surface area contributed by atoms with E-state index in [1.165, 1.54) is 38.5 Å². The number of hydrogen-bond acceptors (Lipinski definition) is 2. The van der Waals surface area contributed by atoms with E-state index in [0.29, 0.717) is 5.41 Å². The lowest BCUT2D eigenvalue weighted by Gasteiger charge is -2.25. The summed E-state index contributed by atoms with van der Waals surface area (Å²) in [6.45, 7) is 5.31. The smallest absolute Gasteiger partial charge is 0.0738 e. The van der Waals surface area contributed by atoms with Gasteiger partial charge in [-0.3, -0.25) is 0 Å². The first-order chi connectivity index (χ1) is 6.29. The van der Waals surface area contributed by atoms with Crippen LogP contribution in [0.25, 0.3) is 0 Å². The normalized spacial score (nSPS) is 19.4. The second-order valence-corrected chi connectivity index (χ2v) is 4.45. The van der Waals surface area contributed by atoms with Crippen LogP contribution in [0.4, 0.5) is 0 Å². The van der Waals surface area contributed by atoms with E-state index in [4.69, 9.17) is 10.7 Å². The fourth-order valence-electron chi connectivity index (χ4n) is 2.45. The standard InChI is InChI=1S/C11H23NO/c1-3-5-10(6-4-2)11(7-8-11)9-13-12/h10H,3-9,12H2,1-2H3. The molecule has 0 aromatic rings. The molecule has 0 aliphatic heterocycles. The fourth-order valence-corrected chi connectivity index (χ4v) is 2.45. The third kappa shape index (κ3) is 2.68. The Kier molecular flexibility index (Phi) is 4.20. The van der Waals surface area contributed by atoms with Crippen molar-refractivity contribution in [2.75, 3.05) is 6.61 Å². The minimum Gasteiger partial charge on any atom is -0.304 e. The Hall–Kier alpha value is -0.0800. The van der Waals surface area contributed by atoms with Gasteiger partial charge in [0.25, 0.3) is 0 Å². The number of rotatable bonds is 7. The van der Waals surface area contributed by atoms with E-state index in [9.17, 15) is 0 Å². The highest BCUT2D eigenvalue weighted by Crippen LogP contribution is 2.54. The van der Waals surface area contributed by atoms with Crippen molar-refractivity contribution in [3.8, 4) is 0 Å². The average Bonchev–Trinajstić information content (AvgIpc) is 2.86. The maximum atomic E-state index is 5.18. The van der Waals surface area contributed by atoms with Crippen molar-refractivity contribution in [2.24, 2.45) is 17.2 Å². The van der Waals surface area contributed by atoms with Crippen LogP contribution in [-0.4, -0.2) is 6.61 Å². The lowest BCUT2D eigenvalue weighted by atomic mass is 9.83. The van der Waals surface area contributed by atoms with Gasteiger partial charge in [-0.05, 0) is 24.2 Å². The van der Waals surface area contributed by atoms with Crippen molar-refractivity contribution in [2.45, 2.75) is 52.4 Å². The Morgan fingerprint density at radius 2 is 1.77 bits per heavy atom. The van der Waals surface area contributed by atoms with Crippen molar-refractivity contribution < 1.29 is 4.84 Å². The van der Waals surface area contributed by atoms with Crippen LogP contribution >= 0.6 is 0 Å². The molecule has 1 fully saturated rings. The molecule has 0 heterocycles. The Morgan fingerprint density at radius 3 is 2.08 bits per heavy atom. The molecule has 0 unspecified atom stereocenters. The molecule has 0 radical (unpaired) electrons. The molecule has 2 heteroatoms. The zero-order valence-corrected chi connectivity index (χ0v) is 9.01. The first kappa shape index (κ1) is 11.0. The molecule has 0 aromatic carbocycles. The molecule has 1 saturated carbocycles. The Balaban J connectivity index is 2.42. The minimum atomic E-state index is 0.473. The van der Waals surface area contributed by atoms with E-state index in [0.717, 1.165) is 12.5 Å². The lowest BCUT2D eigenvalue weighted by Crippen LogP contribution is -2.23. The molecule has 1 aliphatic carbocycles. The van der Waals surface area contributed by atoms with Crippen LogP contribution in [0.15, 0.2) is 0 Å². The van der Waals surface area contributed by atoms with E-state index in [-0.39, 0.29) is 0 Å². The zero-order chi connectivity index (χ0) is 9.73.